The number of cyclic esters (lactones) is 1. The van der Waals surface area contributed by atoms with Crippen LogP contribution in [0.15, 0.2) is 35.2 Å². The summed E-state index contributed by atoms with van der Waals surface area (Å²) in [5, 5.41) is 0. The Morgan fingerprint density at radius 2 is 1.87 bits per heavy atom. The molecule has 210 valence electrons. The van der Waals surface area contributed by atoms with E-state index in [0.29, 0.717) is 18.4 Å². The van der Waals surface area contributed by atoms with Gasteiger partial charge in [0, 0.05) is 35.3 Å². The number of Topliss-reactive ketones (excluding diaryl/α,β-unsaturated/α-hetero) is 1. The SMILES string of the molecule is COC(=O)C=C[C@@]12COC(C)(C)[C@@H]1[C@@H](OC(C)=O)C(=O)[C@]1(C)C2CC[C@@]2(C)[C@H](c3ccoc3)OC(=O)[C@H]3O[C@]321. The van der Waals surface area contributed by atoms with E-state index >= 15 is 0 Å². The summed E-state index contributed by atoms with van der Waals surface area (Å²) in [6.07, 6.45) is 4.48. The summed E-state index contributed by atoms with van der Waals surface area (Å²) < 4.78 is 34.7. The van der Waals surface area contributed by atoms with Crippen LogP contribution in [0, 0.1) is 28.1 Å². The summed E-state index contributed by atoms with van der Waals surface area (Å²) in [5.74, 6) is -2.97. The van der Waals surface area contributed by atoms with Gasteiger partial charge in [-0.2, -0.15) is 0 Å². The molecule has 10 heteroatoms. The fourth-order valence-electron chi connectivity index (χ4n) is 9.03. The smallest absolute Gasteiger partial charge is 0.339 e. The number of carbonyl (C=O) groups excluding carboxylic acids is 4. The molecule has 39 heavy (non-hydrogen) atoms. The van der Waals surface area contributed by atoms with Gasteiger partial charge >= 0.3 is 17.9 Å². The Hall–Kier alpha value is -2.98. The van der Waals surface area contributed by atoms with Gasteiger partial charge < -0.3 is 28.1 Å². The first-order valence-electron chi connectivity index (χ1n) is 13.3. The molecule has 1 aromatic rings. The van der Waals surface area contributed by atoms with E-state index in [2.05, 4.69) is 0 Å². The third-order valence-electron chi connectivity index (χ3n) is 10.5. The molecule has 0 amide bonds. The average Bonchev–Trinajstić information content (AvgIpc) is 3.33. The van der Waals surface area contributed by atoms with E-state index in [1.165, 1.54) is 26.4 Å². The molecule has 3 saturated heterocycles. The molecule has 0 N–H and O–H groups in total. The van der Waals surface area contributed by atoms with Gasteiger partial charge in [0.05, 0.1) is 37.3 Å². The van der Waals surface area contributed by atoms with Gasteiger partial charge in [0.15, 0.2) is 18.0 Å². The maximum absolute atomic E-state index is 14.8. The van der Waals surface area contributed by atoms with E-state index < -0.39 is 75.5 Å². The van der Waals surface area contributed by atoms with Crippen molar-refractivity contribution < 1.29 is 47.3 Å². The Balaban J connectivity index is 1.58. The molecule has 0 radical (unpaired) electrons. The Labute approximate surface area is 226 Å². The van der Waals surface area contributed by atoms with E-state index in [-0.39, 0.29) is 12.4 Å². The van der Waals surface area contributed by atoms with Crippen LogP contribution in [0.5, 0.6) is 0 Å². The number of esters is 3. The van der Waals surface area contributed by atoms with Crippen molar-refractivity contribution in [1.82, 2.24) is 0 Å². The molecule has 4 heterocycles. The van der Waals surface area contributed by atoms with E-state index in [9.17, 15) is 19.2 Å². The number of furan rings is 1. The number of fused-ring (bicyclic) bond motifs is 3. The molecule has 5 fully saturated rings. The van der Waals surface area contributed by atoms with Crippen LogP contribution >= 0.6 is 0 Å². The number of ketones is 1. The number of hydrogen-bond acceptors (Lipinski definition) is 10. The molecule has 2 aliphatic carbocycles. The lowest BCUT2D eigenvalue weighted by Gasteiger charge is -2.64. The number of ether oxygens (including phenoxy) is 5. The largest absolute Gasteiger partial charge is 0.472 e. The topological polar surface area (TPSA) is 131 Å². The van der Waals surface area contributed by atoms with E-state index in [0.717, 1.165) is 0 Å². The van der Waals surface area contributed by atoms with Crippen molar-refractivity contribution in [2.45, 2.75) is 77.0 Å². The zero-order valence-electron chi connectivity index (χ0n) is 23.0. The van der Waals surface area contributed by atoms with Gasteiger partial charge in [0.2, 0.25) is 0 Å². The van der Waals surface area contributed by atoms with Crippen LogP contribution in [0.1, 0.15) is 59.1 Å². The van der Waals surface area contributed by atoms with Crippen LogP contribution in [0.3, 0.4) is 0 Å². The molecule has 3 aliphatic heterocycles. The van der Waals surface area contributed by atoms with Crippen LogP contribution in [0.4, 0.5) is 0 Å². The summed E-state index contributed by atoms with van der Waals surface area (Å²) in [6.45, 7) is 9.01. The van der Waals surface area contributed by atoms with Gasteiger partial charge in [-0.1, -0.05) is 13.0 Å². The fourth-order valence-corrected chi connectivity index (χ4v) is 9.03. The summed E-state index contributed by atoms with van der Waals surface area (Å²) in [4.78, 5) is 52.9. The average molecular weight is 543 g/mol. The summed E-state index contributed by atoms with van der Waals surface area (Å²) in [7, 11) is 1.30. The number of epoxide rings is 1. The van der Waals surface area contributed by atoms with Crippen LogP contribution in [0.25, 0.3) is 0 Å². The minimum absolute atomic E-state index is 0.191. The molecule has 0 aromatic carbocycles. The first-order valence-corrected chi connectivity index (χ1v) is 13.3. The predicted octanol–water partition coefficient (Wildman–Crippen LogP) is 3.09. The zero-order valence-corrected chi connectivity index (χ0v) is 23.0. The zero-order chi connectivity index (χ0) is 28.2. The number of rotatable bonds is 4. The molecule has 9 atom stereocenters. The van der Waals surface area contributed by atoms with Crippen molar-refractivity contribution in [2.75, 3.05) is 13.7 Å². The normalized spacial score (nSPS) is 45.4. The minimum atomic E-state index is -1.28. The highest BCUT2D eigenvalue weighted by atomic mass is 16.7. The van der Waals surface area contributed by atoms with Crippen molar-refractivity contribution in [3.8, 4) is 0 Å². The molecule has 1 aromatic heterocycles. The van der Waals surface area contributed by atoms with E-state index in [4.69, 9.17) is 28.1 Å². The highest BCUT2D eigenvalue weighted by Gasteiger charge is 2.90. The van der Waals surface area contributed by atoms with Gasteiger partial charge in [-0.25, -0.2) is 9.59 Å². The van der Waals surface area contributed by atoms with Gasteiger partial charge in [-0.3, -0.25) is 9.59 Å². The van der Waals surface area contributed by atoms with E-state index in [1.54, 1.807) is 18.4 Å². The van der Waals surface area contributed by atoms with Crippen molar-refractivity contribution in [3.05, 3.63) is 36.3 Å². The molecule has 1 unspecified atom stereocenters. The summed E-state index contributed by atoms with van der Waals surface area (Å²) in [6, 6.07) is 1.75. The molecular weight excluding hydrogens is 508 g/mol. The van der Waals surface area contributed by atoms with Crippen molar-refractivity contribution in [1.29, 1.82) is 0 Å². The lowest BCUT2D eigenvalue weighted by molar-refractivity contribution is -0.220. The Kier molecular flexibility index (Phi) is 5.41. The molecule has 6 rings (SSSR count). The number of methoxy groups -OCH3 is 1. The van der Waals surface area contributed by atoms with Gasteiger partial charge in [-0.05, 0) is 45.6 Å². The lowest BCUT2D eigenvalue weighted by Crippen LogP contribution is -2.74. The maximum atomic E-state index is 14.8. The highest BCUT2D eigenvalue weighted by molar-refractivity contribution is 5.97. The Morgan fingerprint density at radius 3 is 2.51 bits per heavy atom. The van der Waals surface area contributed by atoms with Gasteiger partial charge in [0.25, 0.3) is 0 Å². The third-order valence-corrected chi connectivity index (χ3v) is 10.5. The Bertz CT molecular complexity index is 1280. The van der Waals surface area contributed by atoms with Gasteiger partial charge in [-0.15, -0.1) is 0 Å². The van der Waals surface area contributed by atoms with Gasteiger partial charge in [0.1, 0.15) is 11.7 Å². The maximum Gasteiger partial charge on any atom is 0.339 e. The second-order valence-corrected chi connectivity index (χ2v) is 12.6. The highest BCUT2D eigenvalue weighted by Crippen LogP contribution is 2.79. The molecule has 2 saturated carbocycles. The Morgan fingerprint density at radius 1 is 1.13 bits per heavy atom. The van der Waals surface area contributed by atoms with Crippen LogP contribution in [-0.4, -0.2) is 60.8 Å². The molecule has 5 aliphatic rings. The summed E-state index contributed by atoms with van der Waals surface area (Å²) in [5.41, 5.74) is -4.35. The molecule has 10 nitrogen and oxygen atoms in total. The van der Waals surface area contributed by atoms with Crippen LogP contribution in [0.2, 0.25) is 0 Å². The first kappa shape index (κ1) is 26.3. The standard InChI is InChI=1S/C29H34O10/c1-15(30)37-19-20-25(2,3)36-14-28(20,11-8-18(31)34-6)17-7-10-26(4)22(16-9-12-35-13-16)38-24(33)23-29(26,39-23)27(17,5)21(19)32/h8-9,11-13,17,19-20,22-23H,7,10,14H2,1-6H3/t17?,19-,20+,22+,23-,26+,27+,28+,29-/m1/s1. The van der Waals surface area contributed by atoms with E-state index in [1.807, 2.05) is 27.7 Å². The monoisotopic (exact) mass is 542 g/mol. The molecule has 1 spiro atoms. The van der Waals surface area contributed by atoms with Crippen molar-refractivity contribution in [2.24, 2.45) is 28.1 Å². The van der Waals surface area contributed by atoms with Crippen molar-refractivity contribution >= 4 is 23.7 Å². The van der Waals surface area contributed by atoms with Crippen molar-refractivity contribution in [3.63, 3.8) is 0 Å². The summed E-state index contributed by atoms with van der Waals surface area (Å²) >= 11 is 0. The predicted molar refractivity (Wildman–Crippen MR) is 132 cm³/mol. The minimum Gasteiger partial charge on any atom is -0.472 e. The van der Waals surface area contributed by atoms with Crippen LogP contribution < -0.4 is 0 Å². The molecular formula is C29H34O10. The second kappa shape index (κ2) is 8.04. The lowest BCUT2D eigenvalue weighted by atomic mass is 9.37. The fraction of sp³-hybridized carbons (Fsp3) is 0.655. The molecule has 0 bridgehead atoms. The third kappa shape index (κ3) is 3.04. The second-order valence-electron chi connectivity index (χ2n) is 12.6. The number of hydrogen-bond donors (Lipinski definition) is 0. The quantitative estimate of drug-likeness (QED) is 0.242. The first-order chi connectivity index (χ1) is 18.3. The van der Waals surface area contributed by atoms with Crippen LogP contribution in [-0.2, 0) is 42.9 Å². The number of carbonyl (C=O) groups is 4.